The maximum atomic E-state index is 10.8. The Balaban J connectivity index is 4.24. The predicted molar refractivity (Wildman–Crippen MR) is 53.0 cm³/mol. The third-order valence-corrected chi connectivity index (χ3v) is 2.44. The summed E-state index contributed by atoms with van der Waals surface area (Å²) < 4.78 is 21.6. The second-order valence-electron chi connectivity index (χ2n) is 3.20. The van der Waals surface area contributed by atoms with E-state index in [1.807, 2.05) is 0 Å². The minimum absolute atomic E-state index is 0.0198. The van der Waals surface area contributed by atoms with Crippen LogP contribution in [0.1, 0.15) is 0 Å². The number of primary amides is 1. The predicted octanol–water partition coefficient (Wildman–Crippen LogP) is -2.10. The summed E-state index contributed by atoms with van der Waals surface area (Å²) >= 11 is 0. The van der Waals surface area contributed by atoms with Crippen molar-refractivity contribution in [1.29, 1.82) is 0 Å². The van der Waals surface area contributed by atoms with Crippen molar-refractivity contribution in [2.75, 3.05) is 31.6 Å². The molecular formula is C7H14N2O5S. The molecule has 0 fully saturated rings. The molecule has 88 valence electrons. The number of hydrogen-bond donors (Lipinski definition) is 2. The molecular weight excluding hydrogens is 224 g/mol. The van der Waals surface area contributed by atoms with Gasteiger partial charge in [0.2, 0.25) is 5.91 Å². The van der Waals surface area contributed by atoms with Crippen LogP contribution in [-0.4, -0.2) is 61.9 Å². The minimum atomic E-state index is -3.18. The van der Waals surface area contributed by atoms with Crippen LogP contribution in [0.2, 0.25) is 0 Å². The second-order valence-corrected chi connectivity index (χ2v) is 5.46. The van der Waals surface area contributed by atoms with E-state index >= 15 is 0 Å². The van der Waals surface area contributed by atoms with Crippen LogP contribution >= 0.6 is 0 Å². The molecule has 1 amide bonds. The summed E-state index contributed by atoms with van der Waals surface area (Å²) in [4.78, 5) is 22.1. The van der Waals surface area contributed by atoms with E-state index in [2.05, 4.69) is 0 Å². The van der Waals surface area contributed by atoms with Gasteiger partial charge < -0.3 is 10.8 Å². The average molecular weight is 238 g/mol. The highest BCUT2D eigenvalue weighted by Gasteiger charge is 2.14. The van der Waals surface area contributed by atoms with Crippen LogP contribution in [0.25, 0.3) is 0 Å². The van der Waals surface area contributed by atoms with Crippen LogP contribution in [0.5, 0.6) is 0 Å². The van der Waals surface area contributed by atoms with E-state index in [-0.39, 0.29) is 18.8 Å². The van der Waals surface area contributed by atoms with E-state index < -0.39 is 28.3 Å². The Hall–Kier alpha value is -1.15. The molecule has 0 rings (SSSR count). The Bertz CT molecular complexity index is 321. The Morgan fingerprint density at radius 3 is 2.20 bits per heavy atom. The third-order valence-electron chi connectivity index (χ3n) is 1.52. The number of carboxylic acids is 1. The van der Waals surface area contributed by atoms with Crippen molar-refractivity contribution >= 4 is 21.7 Å². The average Bonchev–Trinajstić information content (AvgIpc) is 1.96. The number of carbonyl (C=O) groups is 2. The number of carbonyl (C=O) groups excluding carboxylic acids is 1. The molecule has 0 aliphatic rings. The fourth-order valence-corrected chi connectivity index (χ4v) is 1.51. The van der Waals surface area contributed by atoms with E-state index in [9.17, 15) is 18.0 Å². The summed E-state index contributed by atoms with van der Waals surface area (Å²) in [7, 11) is -3.18. The van der Waals surface area contributed by atoms with Crippen LogP contribution in [-0.2, 0) is 19.4 Å². The first-order valence-corrected chi connectivity index (χ1v) is 6.17. The van der Waals surface area contributed by atoms with Gasteiger partial charge in [0.25, 0.3) is 0 Å². The molecule has 7 nitrogen and oxygen atoms in total. The lowest BCUT2D eigenvalue weighted by Crippen LogP contribution is -2.39. The zero-order chi connectivity index (χ0) is 12.1. The van der Waals surface area contributed by atoms with Gasteiger partial charge in [0, 0.05) is 12.8 Å². The van der Waals surface area contributed by atoms with Crippen LogP contribution in [0.15, 0.2) is 0 Å². The molecule has 0 aliphatic carbocycles. The number of sulfone groups is 1. The van der Waals surface area contributed by atoms with E-state index in [1.54, 1.807) is 0 Å². The maximum absolute atomic E-state index is 10.8. The normalized spacial score (nSPS) is 11.6. The summed E-state index contributed by atoms with van der Waals surface area (Å²) in [5.41, 5.74) is 4.89. The Labute approximate surface area is 87.8 Å². The van der Waals surface area contributed by atoms with Gasteiger partial charge in [0.15, 0.2) is 0 Å². The molecule has 15 heavy (non-hydrogen) atoms. The third kappa shape index (κ3) is 9.16. The summed E-state index contributed by atoms with van der Waals surface area (Å²) in [6, 6.07) is 0. The van der Waals surface area contributed by atoms with Crippen LogP contribution in [0, 0.1) is 0 Å². The fraction of sp³-hybridized carbons (Fsp3) is 0.714. The van der Waals surface area contributed by atoms with Crippen LogP contribution in [0.3, 0.4) is 0 Å². The van der Waals surface area contributed by atoms with Gasteiger partial charge in [0.1, 0.15) is 9.84 Å². The zero-order valence-corrected chi connectivity index (χ0v) is 9.16. The number of aliphatic carboxylic acids is 1. The summed E-state index contributed by atoms with van der Waals surface area (Å²) in [6.45, 7) is -0.686. The van der Waals surface area contributed by atoms with Gasteiger partial charge in [0.05, 0.1) is 18.8 Å². The second kappa shape index (κ2) is 5.66. The van der Waals surface area contributed by atoms with Crippen molar-refractivity contribution in [3.63, 3.8) is 0 Å². The van der Waals surface area contributed by atoms with E-state index in [0.29, 0.717) is 0 Å². The zero-order valence-electron chi connectivity index (χ0n) is 8.34. The first kappa shape index (κ1) is 13.8. The monoisotopic (exact) mass is 238 g/mol. The van der Waals surface area contributed by atoms with Crippen molar-refractivity contribution in [2.45, 2.75) is 0 Å². The molecule has 0 aromatic carbocycles. The molecule has 0 heterocycles. The van der Waals surface area contributed by atoms with Gasteiger partial charge in [-0.25, -0.2) is 8.42 Å². The summed E-state index contributed by atoms with van der Waals surface area (Å²) in [5, 5.41) is 8.48. The Kier molecular flexibility index (Phi) is 5.23. The van der Waals surface area contributed by atoms with Crippen LogP contribution in [0.4, 0.5) is 0 Å². The van der Waals surface area contributed by atoms with Crippen molar-refractivity contribution in [2.24, 2.45) is 5.73 Å². The number of carboxylic acid groups (broad SMARTS) is 1. The van der Waals surface area contributed by atoms with Crippen LogP contribution < -0.4 is 5.73 Å². The first-order chi connectivity index (χ1) is 6.70. The lowest BCUT2D eigenvalue weighted by atomic mass is 10.4. The SMILES string of the molecule is CS(=O)(=O)CCN(CC(N)=O)CC(=O)O. The molecule has 0 atom stereocenters. The number of hydrogen-bond acceptors (Lipinski definition) is 5. The lowest BCUT2D eigenvalue weighted by molar-refractivity contribution is -0.138. The number of nitrogens with two attached hydrogens (primary N) is 1. The molecule has 0 spiro atoms. The molecule has 0 saturated carbocycles. The largest absolute Gasteiger partial charge is 0.480 e. The Morgan fingerprint density at radius 2 is 1.87 bits per heavy atom. The standard InChI is InChI=1S/C7H14N2O5S/c1-15(13,14)3-2-9(4-6(8)10)5-7(11)12/h2-5H2,1H3,(H2,8,10)(H,11,12). The first-order valence-electron chi connectivity index (χ1n) is 4.11. The van der Waals surface area contributed by atoms with Crippen molar-refractivity contribution < 1.29 is 23.1 Å². The highest BCUT2D eigenvalue weighted by molar-refractivity contribution is 7.90. The highest BCUT2D eigenvalue weighted by atomic mass is 32.2. The topological polar surface area (TPSA) is 118 Å². The highest BCUT2D eigenvalue weighted by Crippen LogP contribution is 1.91. The number of amides is 1. The molecule has 8 heteroatoms. The molecule has 0 saturated heterocycles. The van der Waals surface area contributed by atoms with Gasteiger partial charge in [-0.1, -0.05) is 0 Å². The molecule has 3 N–H and O–H groups in total. The van der Waals surface area contributed by atoms with Gasteiger partial charge in [-0.3, -0.25) is 14.5 Å². The summed E-state index contributed by atoms with van der Waals surface area (Å²) in [5.74, 6) is -2.03. The molecule has 0 aliphatic heterocycles. The van der Waals surface area contributed by atoms with E-state index in [0.717, 1.165) is 6.26 Å². The van der Waals surface area contributed by atoms with Gasteiger partial charge in [-0.05, 0) is 0 Å². The molecule has 0 aromatic rings. The number of rotatable bonds is 7. The van der Waals surface area contributed by atoms with Gasteiger partial charge >= 0.3 is 5.97 Å². The maximum Gasteiger partial charge on any atom is 0.317 e. The van der Waals surface area contributed by atoms with E-state index in [1.165, 1.54) is 4.90 Å². The molecule has 0 unspecified atom stereocenters. The molecule has 0 bridgehead atoms. The smallest absolute Gasteiger partial charge is 0.317 e. The minimum Gasteiger partial charge on any atom is -0.480 e. The van der Waals surface area contributed by atoms with Crippen molar-refractivity contribution in [3.05, 3.63) is 0 Å². The molecule has 0 aromatic heterocycles. The fourth-order valence-electron chi connectivity index (χ4n) is 0.921. The van der Waals surface area contributed by atoms with E-state index in [4.69, 9.17) is 10.8 Å². The quantitative estimate of drug-likeness (QED) is 0.524. The number of nitrogens with zero attached hydrogens (tertiary/aromatic N) is 1. The van der Waals surface area contributed by atoms with Gasteiger partial charge in [-0.2, -0.15) is 0 Å². The molecule has 0 radical (unpaired) electrons. The van der Waals surface area contributed by atoms with Crippen molar-refractivity contribution in [3.8, 4) is 0 Å². The van der Waals surface area contributed by atoms with Crippen molar-refractivity contribution in [1.82, 2.24) is 4.90 Å². The van der Waals surface area contributed by atoms with Gasteiger partial charge in [-0.15, -0.1) is 0 Å². The summed E-state index contributed by atoms with van der Waals surface area (Å²) in [6.07, 6.45) is 1.04. The lowest BCUT2D eigenvalue weighted by Gasteiger charge is -2.17. The Morgan fingerprint density at radius 1 is 1.33 bits per heavy atom.